The number of nitrogens with zero attached hydrogens (tertiary/aromatic N) is 1. The Labute approximate surface area is 182 Å². The lowest BCUT2D eigenvalue weighted by atomic mass is 9.95. The summed E-state index contributed by atoms with van der Waals surface area (Å²) < 4.78 is 28.2. The van der Waals surface area contributed by atoms with Crippen LogP contribution in [0.25, 0.3) is 0 Å². The van der Waals surface area contributed by atoms with Crippen LogP contribution in [0.2, 0.25) is 0 Å². The van der Waals surface area contributed by atoms with Gasteiger partial charge in [0.05, 0.1) is 6.04 Å². The summed E-state index contributed by atoms with van der Waals surface area (Å²) >= 11 is 1.47. The van der Waals surface area contributed by atoms with E-state index in [2.05, 4.69) is 4.90 Å². The van der Waals surface area contributed by atoms with E-state index in [4.69, 9.17) is 24.0 Å². The number of carbonyl (C=O) groups is 2. The van der Waals surface area contributed by atoms with Gasteiger partial charge in [-0.1, -0.05) is 18.2 Å². The van der Waals surface area contributed by atoms with Crippen LogP contribution in [0.15, 0.2) is 30.3 Å². The van der Waals surface area contributed by atoms with Crippen molar-refractivity contribution >= 4 is 30.9 Å². The summed E-state index contributed by atoms with van der Waals surface area (Å²) in [5, 5.41) is 0.584. The molecule has 2 aromatic rings. The number of thiophene rings is 1. The second kappa shape index (κ2) is 9.68. The van der Waals surface area contributed by atoms with Crippen molar-refractivity contribution in [3.05, 3.63) is 52.2 Å². The SMILES string of the molecule is CC(=O)Oc1cc2c(s1)CCN(C(C(=O)C1CC1)c1ccccc1F)C2.O=P([O-])([O-])[O-]. The van der Waals surface area contributed by atoms with Gasteiger partial charge in [0.2, 0.25) is 0 Å². The van der Waals surface area contributed by atoms with Gasteiger partial charge in [-0.05, 0) is 37.0 Å². The minimum Gasteiger partial charge on any atom is -0.822 e. The molecule has 4 rings (SSSR count). The number of fused-ring (bicyclic) bond motifs is 1. The zero-order valence-electron chi connectivity index (χ0n) is 16.6. The first-order chi connectivity index (χ1) is 14.5. The van der Waals surface area contributed by atoms with Crippen molar-refractivity contribution in [3.63, 3.8) is 0 Å². The van der Waals surface area contributed by atoms with E-state index in [0.29, 0.717) is 23.7 Å². The number of carbonyl (C=O) groups excluding carboxylic acids is 2. The summed E-state index contributed by atoms with van der Waals surface area (Å²) in [6, 6.07) is 7.89. The fourth-order valence-corrected chi connectivity index (χ4v) is 4.61. The Hall–Kier alpha value is -1.94. The fraction of sp³-hybridized carbons (Fsp3) is 0.400. The van der Waals surface area contributed by atoms with Gasteiger partial charge in [-0.2, -0.15) is 7.82 Å². The van der Waals surface area contributed by atoms with Gasteiger partial charge in [0.1, 0.15) is 5.82 Å². The lowest BCUT2D eigenvalue weighted by Crippen LogP contribution is -2.38. The van der Waals surface area contributed by atoms with Crippen molar-refractivity contribution in [1.82, 2.24) is 4.90 Å². The standard InChI is InChI=1S/C20H20FNO3S.H3O4P/c1-12(23)25-18-10-14-11-22(9-8-17(14)26-18)19(20(24)13-6-7-13)15-4-2-3-5-16(15)21;1-5(2,3)4/h2-5,10,13,19H,6-9,11H2,1H3;(H3,1,2,3,4)/p-3. The maximum absolute atomic E-state index is 14.4. The smallest absolute Gasteiger partial charge is 0.308 e. The average molecular weight is 468 g/mol. The van der Waals surface area contributed by atoms with Crippen LogP contribution in [0.3, 0.4) is 0 Å². The number of halogens is 1. The first kappa shape index (κ1) is 23.7. The van der Waals surface area contributed by atoms with Gasteiger partial charge in [0, 0.05) is 36.4 Å². The molecule has 31 heavy (non-hydrogen) atoms. The largest absolute Gasteiger partial charge is 0.822 e. The third kappa shape index (κ3) is 6.77. The quantitative estimate of drug-likeness (QED) is 0.470. The zero-order valence-corrected chi connectivity index (χ0v) is 18.3. The lowest BCUT2D eigenvalue weighted by Gasteiger charge is -2.36. The van der Waals surface area contributed by atoms with E-state index in [1.165, 1.54) is 29.2 Å². The second-order valence-corrected chi connectivity index (χ2v) is 9.37. The number of ether oxygens (including phenoxy) is 1. The summed E-state index contributed by atoms with van der Waals surface area (Å²) in [6.07, 6.45) is 2.57. The van der Waals surface area contributed by atoms with Crippen molar-refractivity contribution in [1.29, 1.82) is 0 Å². The summed E-state index contributed by atoms with van der Waals surface area (Å²) in [5.41, 5.74) is 1.52. The number of hydrogen-bond donors (Lipinski definition) is 0. The van der Waals surface area contributed by atoms with Crippen molar-refractivity contribution in [3.8, 4) is 5.06 Å². The first-order valence-electron chi connectivity index (χ1n) is 9.58. The Morgan fingerprint density at radius 1 is 1.26 bits per heavy atom. The number of hydrogen-bond acceptors (Lipinski definition) is 9. The fourth-order valence-electron chi connectivity index (χ4n) is 3.56. The molecular formula is C20H20FNO7PS-3. The molecule has 1 aliphatic carbocycles. The van der Waals surface area contributed by atoms with Gasteiger partial charge >= 0.3 is 5.97 Å². The van der Waals surface area contributed by atoms with Gasteiger partial charge in [-0.3, -0.25) is 14.5 Å². The topological polar surface area (TPSA) is 133 Å². The summed E-state index contributed by atoms with van der Waals surface area (Å²) in [4.78, 5) is 53.0. The molecule has 8 nitrogen and oxygen atoms in total. The molecule has 1 saturated carbocycles. The molecule has 0 radical (unpaired) electrons. The van der Waals surface area contributed by atoms with Crippen molar-refractivity contribution in [2.45, 2.75) is 38.8 Å². The first-order valence-corrected chi connectivity index (χ1v) is 11.9. The normalized spacial score (nSPS) is 17.2. The Morgan fingerprint density at radius 2 is 1.90 bits per heavy atom. The van der Waals surface area contributed by atoms with E-state index >= 15 is 0 Å². The Kier molecular flexibility index (Phi) is 7.41. The van der Waals surface area contributed by atoms with Crippen LogP contribution in [0.1, 0.15) is 41.8 Å². The molecule has 2 aliphatic rings. The predicted octanol–water partition coefficient (Wildman–Crippen LogP) is 1.07. The summed E-state index contributed by atoms with van der Waals surface area (Å²) in [5.74, 6) is -0.495. The molecule has 1 aromatic carbocycles. The molecule has 11 heteroatoms. The molecular weight excluding hydrogens is 448 g/mol. The highest BCUT2D eigenvalue weighted by atomic mass is 32.1. The number of Topliss-reactive ketones (excluding diaryl/α,β-unsaturated/α-hetero) is 1. The molecule has 1 aliphatic heterocycles. The number of benzene rings is 1. The van der Waals surface area contributed by atoms with Crippen LogP contribution < -0.4 is 19.4 Å². The van der Waals surface area contributed by atoms with E-state index in [1.807, 2.05) is 6.07 Å². The maximum atomic E-state index is 14.4. The molecule has 1 fully saturated rings. The molecule has 0 saturated heterocycles. The highest BCUT2D eigenvalue weighted by Crippen LogP contribution is 2.41. The average Bonchev–Trinajstić information content (AvgIpc) is 3.42. The van der Waals surface area contributed by atoms with E-state index in [9.17, 15) is 14.0 Å². The second-order valence-electron chi connectivity index (χ2n) is 7.38. The summed E-state index contributed by atoms with van der Waals surface area (Å²) in [6.45, 7) is 2.63. The van der Waals surface area contributed by atoms with E-state index < -0.39 is 13.9 Å². The lowest BCUT2D eigenvalue weighted by molar-refractivity contribution is -0.432. The van der Waals surface area contributed by atoms with Gasteiger partial charge in [0.25, 0.3) is 0 Å². The Morgan fingerprint density at radius 3 is 2.48 bits per heavy atom. The van der Waals surface area contributed by atoms with E-state index in [0.717, 1.165) is 24.8 Å². The molecule has 0 N–H and O–H groups in total. The zero-order chi connectivity index (χ0) is 22.8. The Balaban J connectivity index is 0.000000491. The van der Waals surface area contributed by atoms with E-state index in [1.54, 1.807) is 18.2 Å². The van der Waals surface area contributed by atoms with Crippen molar-refractivity contribution in [2.24, 2.45) is 5.92 Å². The number of rotatable bonds is 5. The predicted molar refractivity (Wildman–Crippen MR) is 104 cm³/mol. The molecule has 1 unspecified atom stereocenters. The van der Waals surface area contributed by atoms with Crippen molar-refractivity contribution < 1.29 is 38.0 Å². The molecule has 0 spiro atoms. The van der Waals surface area contributed by atoms with Crippen LogP contribution in [0.4, 0.5) is 4.39 Å². The van der Waals surface area contributed by atoms with Gasteiger partial charge in [0.15, 0.2) is 10.8 Å². The highest BCUT2D eigenvalue weighted by Gasteiger charge is 2.40. The van der Waals surface area contributed by atoms with Crippen LogP contribution in [0.5, 0.6) is 5.06 Å². The van der Waals surface area contributed by atoms with Crippen molar-refractivity contribution in [2.75, 3.05) is 6.54 Å². The number of esters is 1. The third-order valence-electron chi connectivity index (χ3n) is 4.93. The minimum atomic E-state index is -5.39. The van der Waals surface area contributed by atoms with Crippen LogP contribution >= 0.6 is 19.2 Å². The molecule has 1 atom stereocenters. The van der Waals surface area contributed by atoms with Crippen LogP contribution in [0, 0.1) is 11.7 Å². The minimum absolute atomic E-state index is 0.0556. The highest BCUT2D eigenvalue weighted by molar-refractivity contribution is 7.40. The Bertz CT molecular complexity index is 1010. The van der Waals surface area contributed by atoms with Gasteiger partial charge in [-0.15, -0.1) is 11.3 Å². The molecule has 2 heterocycles. The molecule has 0 amide bonds. The van der Waals surface area contributed by atoms with Gasteiger partial charge < -0.3 is 24.0 Å². The maximum Gasteiger partial charge on any atom is 0.308 e. The van der Waals surface area contributed by atoms with Crippen LogP contribution in [-0.4, -0.2) is 23.2 Å². The van der Waals surface area contributed by atoms with Gasteiger partial charge in [-0.25, -0.2) is 4.39 Å². The molecule has 0 bridgehead atoms. The van der Waals surface area contributed by atoms with Crippen LogP contribution in [-0.2, 0) is 27.1 Å². The summed E-state index contributed by atoms with van der Waals surface area (Å²) in [7, 11) is -5.39. The third-order valence-corrected chi connectivity index (χ3v) is 6.05. The monoisotopic (exact) mass is 468 g/mol. The number of phosphoric acid groups is 1. The molecule has 1 aromatic heterocycles. The van der Waals surface area contributed by atoms with E-state index in [-0.39, 0.29) is 23.5 Å². The number of ketones is 1. The molecule has 168 valence electrons.